The normalized spacial score (nSPS) is 12.4. The van der Waals surface area contributed by atoms with Crippen LogP contribution in [0.4, 0.5) is 4.39 Å². The van der Waals surface area contributed by atoms with Crippen molar-refractivity contribution in [3.63, 3.8) is 0 Å². The molecule has 2 rings (SSSR count). The van der Waals surface area contributed by atoms with Crippen molar-refractivity contribution in [1.82, 2.24) is 9.97 Å². The molecule has 94 valence electrons. The van der Waals surface area contributed by atoms with Crippen LogP contribution in [0.15, 0.2) is 45.3 Å². The van der Waals surface area contributed by atoms with Gasteiger partial charge in [-0.2, -0.15) is 0 Å². The summed E-state index contributed by atoms with van der Waals surface area (Å²) in [6.45, 7) is 1.57. The van der Waals surface area contributed by atoms with Crippen molar-refractivity contribution >= 4 is 11.8 Å². The van der Waals surface area contributed by atoms with E-state index in [0.717, 1.165) is 11.8 Å². The Morgan fingerprint density at radius 2 is 2.22 bits per heavy atom. The Kier molecular flexibility index (Phi) is 3.78. The Labute approximate surface area is 107 Å². The number of aromatic amines is 1. The van der Waals surface area contributed by atoms with E-state index in [2.05, 4.69) is 9.97 Å². The Hall–Kier alpha value is -1.66. The Morgan fingerprint density at radius 3 is 2.83 bits per heavy atom. The fraction of sp³-hybridized carbons (Fsp3) is 0.167. The lowest BCUT2D eigenvalue weighted by molar-refractivity contribution is 0.198. The highest BCUT2D eigenvalue weighted by Gasteiger charge is 2.09. The molecule has 0 amide bonds. The van der Waals surface area contributed by atoms with E-state index in [1.54, 1.807) is 19.1 Å². The summed E-state index contributed by atoms with van der Waals surface area (Å²) in [7, 11) is 0. The topological polar surface area (TPSA) is 66.0 Å². The molecule has 1 aromatic heterocycles. The highest BCUT2D eigenvalue weighted by Crippen LogP contribution is 2.28. The summed E-state index contributed by atoms with van der Waals surface area (Å²) in [6, 6.07) is 5.75. The molecule has 1 aromatic carbocycles. The number of aromatic nitrogens is 2. The van der Waals surface area contributed by atoms with Gasteiger partial charge in [-0.3, -0.25) is 4.79 Å². The maximum absolute atomic E-state index is 13.7. The summed E-state index contributed by atoms with van der Waals surface area (Å²) in [5.41, 5.74) is 0.222. The standard InChI is InChI=1S/C12H11FN2O2S/c1-7(16)8-2-3-10(9(13)6-8)18-12-14-5-4-11(17)15-12/h2-7,16H,1H3,(H,14,15,17)/t7-/m0/s1. The molecule has 0 bridgehead atoms. The van der Waals surface area contributed by atoms with Crippen LogP contribution in [0, 0.1) is 5.82 Å². The summed E-state index contributed by atoms with van der Waals surface area (Å²) in [5.74, 6) is -0.454. The minimum atomic E-state index is -0.715. The quantitative estimate of drug-likeness (QED) is 0.835. The van der Waals surface area contributed by atoms with Crippen LogP contribution < -0.4 is 5.56 Å². The minimum absolute atomic E-state index is 0.284. The number of hydrogen-bond acceptors (Lipinski definition) is 4. The van der Waals surface area contributed by atoms with Crippen molar-refractivity contribution in [2.24, 2.45) is 0 Å². The maximum atomic E-state index is 13.7. The molecule has 0 aliphatic carbocycles. The lowest BCUT2D eigenvalue weighted by Crippen LogP contribution is -2.05. The molecule has 2 N–H and O–H groups in total. The monoisotopic (exact) mass is 266 g/mol. The third-order valence-corrected chi connectivity index (χ3v) is 3.24. The first kappa shape index (κ1) is 12.8. The van der Waals surface area contributed by atoms with E-state index in [1.165, 1.54) is 18.3 Å². The van der Waals surface area contributed by atoms with Crippen LogP contribution in [-0.4, -0.2) is 15.1 Å². The minimum Gasteiger partial charge on any atom is -0.389 e. The Balaban J connectivity index is 2.27. The molecule has 0 spiro atoms. The molecule has 0 fully saturated rings. The number of benzene rings is 1. The molecular weight excluding hydrogens is 255 g/mol. The fourth-order valence-corrected chi connectivity index (χ4v) is 2.13. The molecule has 0 saturated heterocycles. The van der Waals surface area contributed by atoms with E-state index in [-0.39, 0.29) is 5.56 Å². The fourth-order valence-electron chi connectivity index (χ4n) is 1.37. The number of nitrogens with zero attached hydrogens (tertiary/aromatic N) is 1. The second kappa shape index (κ2) is 5.32. The first-order chi connectivity index (χ1) is 8.56. The van der Waals surface area contributed by atoms with Gasteiger partial charge < -0.3 is 10.1 Å². The third-order valence-electron chi connectivity index (χ3n) is 2.29. The third kappa shape index (κ3) is 2.96. The molecule has 0 radical (unpaired) electrons. The summed E-state index contributed by atoms with van der Waals surface area (Å²) in [5, 5.41) is 9.66. The molecule has 2 aromatic rings. The SMILES string of the molecule is C[C@H](O)c1ccc(Sc2nccc(=O)[nH]2)c(F)c1. The van der Waals surface area contributed by atoms with Crippen LogP contribution in [0.3, 0.4) is 0 Å². The van der Waals surface area contributed by atoms with Gasteiger partial charge in [0.15, 0.2) is 5.16 Å². The highest BCUT2D eigenvalue weighted by molar-refractivity contribution is 7.99. The van der Waals surface area contributed by atoms with Gasteiger partial charge in [-0.05, 0) is 36.4 Å². The van der Waals surface area contributed by atoms with Crippen LogP contribution in [0.2, 0.25) is 0 Å². The summed E-state index contributed by atoms with van der Waals surface area (Å²) < 4.78 is 13.7. The summed E-state index contributed by atoms with van der Waals surface area (Å²) in [6.07, 6.45) is 0.650. The second-order valence-electron chi connectivity index (χ2n) is 3.71. The Bertz CT molecular complexity index is 613. The van der Waals surface area contributed by atoms with Gasteiger partial charge in [-0.15, -0.1) is 0 Å². The Morgan fingerprint density at radius 1 is 1.44 bits per heavy atom. The summed E-state index contributed by atoms with van der Waals surface area (Å²) in [4.78, 5) is 17.8. The number of rotatable bonds is 3. The van der Waals surface area contributed by atoms with Crippen LogP contribution in [-0.2, 0) is 0 Å². The van der Waals surface area contributed by atoms with Gasteiger partial charge in [0.1, 0.15) is 5.82 Å². The van der Waals surface area contributed by atoms with Crippen molar-refractivity contribution in [2.75, 3.05) is 0 Å². The van der Waals surface area contributed by atoms with Gasteiger partial charge >= 0.3 is 0 Å². The van der Waals surface area contributed by atoms with Crippen LogP contribution >= 0.6 is 11.8 Å². The molecule has 1 atom stereocenters. The first-order valence-corrected chi connectivity index (χ1v) is 6.08. The van der Waals surface area contributed by atoms with Gasteiger partial charge in [0, 0.05) is 12.3 Å². The van der Waals surface area contributed by atoms with Gasteiger partial charge in [-0.25, -0.2) is 9.37 Å². The zero-order valence-corrected chi connectivity index (χ0v) is 10.4. The molecule has 0 aliphatic rings. The number of halogens is 1. The number of H-pyrrole nitrogens is 1. The van der Waals surface area contributed by atoms with E-state index >= 15 is 0 Å². The van der Waals surface area contributed by atoms with Crippen molar-refractivity contribution in [3.05, 3.63) is 52.2 Å². The molecule has 0 saturated carbocycles. The van der Waals surface area contributed by atoms with E-state index in [9.17, 15) is 14.3 Å². The van der Waals surface area contributed by atoms with Gasteiger partial charge in [0.05, 0.1) is 11.0 Å². The van der Waals surface area contributed by atoms with Crippen LogP contribution in [0.25, 0.3) is 0 Å². The van der Waals surface area contributed by atoms with Crippen LogP contribution in [0.1, 0.15) is 18.6 Å². The van der Waals surface area contributed by atoms with Gasteiger partial charge in [0.25, 0.3) is 5.56 Å². The number of nitrogens with one attached hydrogen (secondary N) is 1. The largest absolute Gasteiger partial charge is 0.389 e. The van der Waals surface area contributed by atoms with E-state index < -0.39 is 11.9 Å². The average Bonchev–Trinajstić information content (AvgIpc) is 2.31. The van der Waals surface area contributed by atoms with Crippen molar-refractivity contribution < 1.29 is 9.50 Å². The molecule has 6 heteroatoms. The molecule has 1 heterocycles. The zero-order valence-electron chi connectivity index (χ0n) is 9.55. The molecule has 18 heavy (non-hydrogen) atoms. The van der Waals surface area contributed by atoms with E-state index in [4.69, 9.17) is 0 Å². The lowest BCUT2D eigenvalue weighted by Gasteiger charge is -2.07. The number of aliphatic hydroxyl groups excluding tert-OH is 1. The lowest BCUT2D eigenvalue weighted by atomic mass is 10.1. The molecule has 0 aliphatic heterocycles. The second-order valence-corrected chi connectivity index (χ2v) is 4.74. The van der Waals surface area contributed by atoms with Gasteiger partial charge in [-0.1, -0.05) is 6.07 Å². The van der Waals surface area contributed by atoms with Crippen molar-refractivity contribution in [1.29, 1.82) is 0 Å². The first-order valence-electron chi connectivity index (χ1n) is 5.27. The van der Waals surface area contributed by atoms with Crippen molar-refractivity contribution in [2.45, 2.75) is 23.1 Å². The van der Waals surface area contributed by atoms with Gasteiger partial charge in [0.2, 0.25) is 0 Å². The van der Waals surface area contributed by atoms with E-state index in [0.29, 0.717) is 15.6 Å². The van der Waals surface area contributed by atoms with Crippen LogP contribution in [0.5, 0.6) is 0 Å². The van der Waals surface area contributed by atoms with Crippen molar-refractivity contribution in [3.8, 4) is 0 Å². The molecule has 0 unspecified atom stereocenters. The van der Waals surface area contributed by atoms with E-state index in [1.807, 2.05) is 0 Å². The summed E-state index contributed by atoms with van der Waals surface area (Å²) >= 11 is 1.03. The maximum Gasteiger partial charge on any atom is 0.251 e. The smallest absolute Gasteiger partial charge is 0.251 e. The predicted octanol–water partition coefficient (Wildman–Crippen LogP) is 2.11. The highest BCUT2D eigenvalue weighted by atomic mass is 32.2. The number of aliphatic hydroxyl groups is 1. The average molecular weight is 266 g/mol. The number of hydrogen-bond donors (Lipinski definition) is 2. The predicted molar refractivity (Wildman–Crippen MR) is 66.0 cm³/mol. The zero-order chi connectivity index (χ0) is 13.1. The molecular formula is C12H11FN2O2S. The molecule has 4 nitrogen and oxygen atoms in total.